The number of thiazole rings is 1. The maximum Gasteiger partial charge on any atom is 0.211 e. The number of benzene rings is 1. The summed E-state index contributed by atoms with van der Waals surface area (Å²) >= 11 is 4.97. The van der Waals surface area contributed by atoms with Crippen molar-refractivity contribution in [3.8, 4) is 10.6 Å². The van der Waals surface area contributed by atoms with Crippen LogP contribution >= 0.6 is 27.3 Å². The van der Waals surface area contributed by atoms with Crippen LogP contribution in [0, 0.1) is 0 Å². The van der Waals surface area contributed by atoms with Crippen molar-refractivity contribution >= 4 is 39.4 Å². The van der Waals surface area contributed by atoms with Crippen molar-refractivity contribution in [1.29, 1.82) is 0 Å². The Morgan fingerprint density at radius 3 is 2.94 bits per heavy atom. The Bertz CT molecular complexity index is 601. The van der Waals surface area contributed by atoms with Gasteiger partial charge in [0.15, 0.2) is 0 Å². The van der Waals surface area contributed by atoms with E-state index in [2.05, 4.69) is 31.1 Å². The summed E-state index contributed by atoms with van der Waals surface area (Å²) in [6.45, 7) is 0. The van der Waals surface area contributed by atoms with Gasteiger partial charge in [0.25, 0.3) is 0 Å². The van der Waals surface area contributed by atoms with E-state index in [1.165, 1.54) is 17.6 Å². The lowest BCUT2D eigenvalue weighted by Crippen LogP contribution is -2.21. The minimum absolute atomic E-state index is 0.0753. The lowest BCUT2D eigenvalue weighted by Gasteiger charge is -1.95. The van der Waals surface area contributed by atoms with Gasteiger partial charge in [-0.3, -0.25) is 0 Å². The summed E-state index contributed by atoms with van der Waals surface area (Å²) in [4.78, 5) is 4.42. The Kier molecular flexibility index (Phi) is 4.06. The molecule has 0 bridgehead atoms. The molecule has 2 aromatic rings. The van der Waals surface area contributed by atoms with Crippen molar-refractivity contribution in [2.24, 2.45) is 21.7 Å². The topological polar surface area (TPSA) is 89.7 Å². The van der Waals surface area contributed by atoms with Crippen molar-refractivity contribution in [3.05, 3.63) is 39.8 Å². The van der Waals surface area contributed by atoms with Gasteiger partial charge in [0.2, 0.25) is 5.96 Å². The molecule has 0 aliphatic rings. The third kappa shape index (κ3) is 3.38. The summed E-state index contributed by atoms with van der Waals surface area (Å²) in [7, 11) is 0. The number of hydrogen-bond acceptors (Lipinski definition) is 4. The van der Waals surface area contributed by atoms with Crippen LogP contribution in [0.15, 0.2) is 44.3 Å². The molecule has 0 radical (unpaired) electrons. The second-order valence-electron chi connectivity index (χ2n) is 3.36. The van der Waals surface area contributed by atoms with E-state index >= 15 is 0 Å². The highest BCUT2D eigenvalue weighted by Gasteiger charge is 2.03. The van der Waals surface area contributed by atoms with E-state index in [1.54, 1.807) is 0 Å². The SMILES string of the molecule is NC(N)=N/N=C/c1csc(-c2cccc(Br)c2)n1. The summed E-state index contributed by atoms with van der Waals surface area (Å²) in [6, 6.07) is 7.95. The fraction of sp³-hybridized carbons (Fsp3) is 0. The number of nitrogens with two attached hydrogens (primary N) is 2. The molecule has 92 valence electrons. The Balaban J connectivity index is 2.20. The van der Waals surface area contributed by atoms with Gasteiger partial charge >= 0.3 is 0 Å². The first-order valence-electron chi connectivity index (χ1n) is 4.98. The van der Waals surface area contributed by atoms with E-state index in [-0.39, 0.29) is 5.96 Å². The monoisotopic (exact) mass is 323 g/mol. The molecule has 2 rings (SSSR count). The molecule has 0 saturated carbocycles. The third-order valence-electron chi connectivity index (χ3n) is 1.96. The molecule has 4 N–H and O–H groups in total. The van der Waals surface area contributed by atoms with E-state index in [1.807, 2.05) is 29.6 Å². The maximum atomic E-state index is 5.16. The largest absolute Gasteiger partial charge is 0.369 e. The Morgan fingerprint density at radius 2 is 2.22 bits per heavy atom. The van der Waals surface area contributed by atoms with Crippen LogP contribution in [0.5, 0.6) is 0 Å². The number of rotatable bonds is 3. The van der Waals surface area contributed by atoms with Crippen LogP contribution in [-0.2, 0) is 0 Å². The molecule has 0 unspecified atom stereocenters. The fourth-order valence-corrected chi connectivity index (χ4v) is 2.42. The molecule has 0 spiro atoms. The van der Waals surface area contributed by atoms with Gasteiger partial charge in [-0.2, -0.15) is 5.10 Å². The minimum atomic E-state index is -0.0753. The van der Waals surface area contributed by atoms with E-state index in [0.717, 1.165) is 20.7 Å². The highest BCUT2D eigenvalue weighted by atomic mass is 79.9. The van der Waals surface area contributed by atoms with Crippen molar-refractivity contribution in [2.75, 3.05) is 0 Å². The van der Waals surface area contributed by atoms with Crippen molar-refractivity contribution in [1.82, 2.24) is 4.98 Å². The van der Waals surface area contributed by atoms with Crippen LogP contribution in [0.2, 0.25) is 0 Å². The van der Waals surface area contributed by atoms with Crippen LogP contribution < -0.4 is 11.5 Å². The molecular formula is C11H10BrN5S. The molecule has 18 heavy (non-hydrogen) atoms. The first-order chi connectivity index (χ1) is 8.65. The van der Waals surface area contributed by atoms with E-state index in [4.69, 9.17) is 11.5 Å². The van der Waals surface area contributed by atoms with Crippen molar-refractivity contribution in [3.63, 3.8) is 0 Å². The lowest BCUT2D eigenvalue weighted by atomic mass is 10.2. The number of halogens is 1. The molecule has 0 fully saturated rings. The van der Waals surface area contributed by atoms with Crippen LogP contribution in [0.3, 0.4) is 0 Å². The smallest absolute Gasteiger partial charge is 0.211 e. The minimum Gasteiger partial charge on any atom is -0.369 e. The number of aromatic nitrogens is 1. The molecule has 0 aliphatic carbocycles. The molecule has 1 heterocycles. The van der Waals surface area contributed by atoms with Crippen LogP contribution in [-0.4, -0.2) is 17.2 Å². The summed E-state index contributed by atoms with van der Waals surface area (Å²) < 4.78 is 1.02. The van der Waals surface area contributed by atoms with Crippen molar-refractivity contribution in [2.45, 2.75) is 0 Å². The maximum absolute atomic E-state index is 5.16. The number of nitrogens with zero attached hydrogens (tertiary/aromatic N) is 3. The summed E-state index contributed by atoms with van der Waals surface area (Å²) in [5, 5.41) is 10.0. The summed E-state index contributed by atoms with van der Waals surface area (Å²) in [6.07, 6.45) is 1.51. The summed E-state index contributed by atoms with van der Waals surface area (Å²) in [5.41, 5.74) is 12.1. The zero-order valence-electron chi connectivity index (χ0n) is 9.25. The van der Waals surface area contributed by atoms with E-state index in [9.17, 15) is 0 Å². The third-order valence-corrected chi connectivity index (χ3v) is 3.36. The molecule has 1 aromatic heterocycles. The molecule has 0 aliphatic heterocycles. The van der Waals surface area contributed by atoms with Gasteiger partial charge in [-0.25, -0.2) is 4.98 Å². The van der Waals surface area contributed by atoms with Crippen LogP contribution in [0.25, 0.3) is 10.6 Å². The fourth-order valence-electron chi connectivity index (χ4n) is 1.25. The zero-order valence-corrected chi connectivity index (χ0v) is 11.6. The van der Waals surface area contributed by atoms with Gasteiger partial charge in [0, 0.05) is 15.4 Å². The Hall–Kier alpha value is -1.73. The average molecular weight is 324 g/mol. The predicted molar refractivity (Wildman–Crippen MR) is 78.7 cm³/mol. The highest BCUT2D eigenvalue weighted by molar-refractivity contribution is 9.10. The average Bonchev–Trinajstić information content (AvgIpc) is 2.77. The van der Waals surface area contributed by atoms with Gasteiger partial charge in [0.1, 0.15) is 5.01 Å². The predicted octanol–water partition coefficient (Wildman–Crippen LogP) is 2.18. The molecule has 0 saturated heterocycles. The molecule has 1 aromatic carbocycles. The standard InChI is InChI=1S/C11H10BrN5S/c12-8-3-1-2-7(4-8)10-16-9(6-18-10)5-15-17-11(13)14/h1-6H,(H4,13,14,17)/b15-5+. The van der Waals surface area contributed by atoms with E-state index in [0.29, 0.717) is 0 Å². The molecule has 5 nitrogen and oxygen atoms in total. The summed E-state index contributed by atoms with van der Waals surface area (Å²) in [5.74, 6) is -0.0753. The molecular weight excluding hydrogens is 314 g/mol. The Labute approximate surface area is 116 Å². The quantitative estimate of drug-likeness (QED) is 0.515. The van der Waals surface area contributed by atoms with Crippen LogP contribution in [0.1, 0.15) is 5.69 Å². The second-order valence-corrected chi connectivity index (χ2v) is 5.13. The number of guanidine groups is 1. The van der Waals surface area contributed by atoms with Crippen molar-refractivity contribution < 1.29 is 0 Å². The van der Waals surface area contributed by atoms with Gasteiger partial charge < -0.3 is 11.5 Å². The van der Waals surface area contributed by atoms with Gasteiger partial charge in [-0.05, 0) is 12.1 Å². The highest BCUT2D eigenvalue weighted by Crippen LogP contribution is 2.25. The first kappa shape index (κ1) is 12.7. The normalized spacial score (nSPS) is 10.7. The van der Waals surface area contributed by atoms with Gasteiger partial charge in [-0.1, -0.05) is 28.1 Å². The lowest BCUT2D eigenvalue weighted by molar-refractivity contribution is 1.21. The van der Waals surface area contributed by atoms with E-state index < -0.39 is 0 Å². The molecule has 0 amide bonds. The van der Waals surface area contributed by atoms with Gasteiger partial charge in [0.05, 0.1) is 11.9 Å². The molecule has 7 heteroatoms. The zero-order chi connectivity index (χ0) is 13.0. The Morgan fingerprint density at radius 1 is 1.39 bits per heavy atom. The molecule has 0 atom stereocenters. The van der Waals surface area contributed by atoms with Gasteiger partial charge in [-0.15, -0.1) is 16.4 Å². The van der Waals surface area contributed by atoms with Crippen LogP contribution in [0.4, 0.5) is 0 Å². The number of hydrogen-bond donors (Lipinski definition) is 2. The second kappa shape index (κ2) is 5.74. The first-order valence-corrected chi connectivity index (χ1v) is 6.66.